The molecular formula is C15H25N3O3S. The van der Waals surface area contributed by atoms with Gasteiger partial charge in [0.25, 0.3) is 10.2 Å². The first-order valence-corrected chi connectivity index (χ1v) is 9.10. The lowest BCUT2D eigenvalue weighted by Gasteiger charge is -2.35. The largest absolute Gasteiger partial charge is 0.497 e. The number of nitrogens with one attached hydrogen (secondary N) is 2. The second kappa shape index (κ2) is 7.92. The Morgan fingerprint density at radius 2 is 2.00 bits per heavy atom. The number of nitrogens with zero attached hydrogens (tertiary/aromatic N) is 1. The van der Waals surface area contributed by atoms with Crippen LogP contribution in [0.1, 0.15) is 30.9 Å². The van der Waals surface area contributed by atoms with E-state index in [9.17, 15) is 8.42 Å². The van der Waals surface area contributed by atoms with E-state index < -0.39 is 10.2 Å². The van der Waals surface area contributed by atoms with E-state index in [-0.39, 0.29) is 6.04 Å². The fourth-order valence-electron chi connectivity index (χ4n) is 2.80. The summed E-state index contributed by atoms with van der Waals surface area (Å²) in [5.74, 6) is 0.788. The van der Waals surface area contributed by atoms with Crippen LogP contribution in [0.4, 0.5) is 0 Å². The molecule has 0 bridgehead atoms. The highest BCUT2D eigenvalue weighted by Gasteiger charge is 2.24. The molecule has 0 spiro atoms. The molecule has 124 valence electrons. The van der Waals surface area contributed by atoms with Crippen molar-refractivity contribution in [3.8, 4) is 5.75 Å². The van der Waals surface area contributed by atoms with E-state index in [2.05, 4.69) is 14.3 Å². The van der Waals surface area contributed by atoms with E-state index in [4.69, 9.17) is 4.74 Å². The van der Waals surface area contributed by atoms with Crippen molar-refractivity contribution in [2.45, 2.75) is 25.3 Å². The molecule has 0 radical (unpaired) electrons. The molecule has 7 heteroatoms. The number of likely N-dealkylation sites (tertiary alicyclic amines) is 1. The Balaban J connectivity index is 2.19. The van der Waals surface area contributed by atoms with Crippen LogP contribution < -0.4 is 14.2 Å². The van der Waals surface area contributed by atoms with Crippen molar-refractivity contribution in [1.82, 2.24) is 14.3 Å². The van der Waals surface area contributed by atoms with Crippen molar-refractivity contribution in [2.24, 2.45) is 0 Å². The van der Waals surface area contributed by atoms with E-state index in [0.29, 0.717) is 6.54 Å². The van der Waals surface area contributed by atoms with E-state index in [1.54, 1.807) is 7.11 Å². The zero-order chi connectivity index (χ0) is 16.0. The maximum absolute atomic E-state index is 11.7. The Bertz CT molecular complexity index is 571. The van der Waals surface area contributed by atoms with Gasteiger partial charge in [-0.1, -0.05) is 18.6 Å². The van der Waals surface area contributed by atoms with Crippen LogP contribution >= 0.6 is 0 Å². The number of benzene rings is 1. The molecule has 0 aromatic heterocycles. The predicted octanol–water partition coefficient (Wildman–Crippen LogP) is 1.28. The number of hydrogen-bond acceptors (Lipinski definition) is 4. The molecule has 0 aliphatic carbocycles. The maximum Gasteiger partial charge on any atom is 0.276 e. The molecule has 1 aromatic rings. The number of piperidine rings is 1. The van der Waals surface area contributed by atoms with Crippen LogP contribution in [0.3, 0.4) is 0 Å². The first-order chi connectivity index (χ1) is 10.6. The number of rotatable bonds is 7. The van der Waals surface area contributed by atoms with Gasteiger partial charge in [-0.2, -0.15) is 8.42 Å². The number of ether oxygens (including phenoxy) is 1. The summed E-state index contributed by atoms with van der Waals surface area (Å²) in [6.07, 6.45) is 3.54. The van der Waals surface area contributed by atoms with Crippen molar-refractivity contribution < 1.29 is 13.2 Å². The third-order valence-electron chi connectivity index (χ3n) is 4.05. The summed E-state index contributed by atoms with van der Waals surface area (Å²) in [7, 11) is -0.391. The lowest BCUT2D eigenvalue weighted by Crippen LogP contribution is -2.43. The first kappa shape index (κ1) is 17.2. The molecule has 1 heterocycles. The van der Waals surface area contributed by atoms with Gasteiger partial charge in [0.2, 0.25) is 0 Å². The van der Waals surface area contributed by atoms with Crippen molar-refractivity contribution in [3.63, 3.8) is 0 Å². The molecule has 1 aromatic carbocycles. The fraction of sp³-hybridized carbons (Fsp3) is 0.600. The van der Waals surface area contributed by atoms with Gasteiger partial charge >= 0.3 is 0 Å². The molecule has 1 aliphatic heterocycles. The van der Waals surface area contributed by atoms with Gasteiger partial charge in [0, 0.05) is 19.6 Å². The summed E-state index contributed by atoms with van der Waals surface area (Å²) >= 11 is 0. The van der Waals surface area contributed by atoms with Gasteiger partial charge in [0.1, 0.15) is 5.75 Å². The van der Waals surface area contributed by atoms with Crippen LogP contribution in [0, 0.1) is 0 Å². The minimum Gasteiger partial charge on any atom is -0.497 e. The van der Waals surface area contributed by atoms with Crippen molar-refractivity contribution >= 4 is 10.2 Å². The maximum atomic E-state index is 11.7. The fourth-order valence-corrected chi connectivity index (χ4v) is 3.32. The Morgan fingerprint density at radius 3 is 2.64 bits per heavy atom. The van der Waals surface area contributed by atoms with Gasteiger partial charge in [-0.05, 0) is 43.6 Å². The molecule has 1 fully saturated rings. The number of hydrogen-bond donors (Lipinski definition) is 2. The molecule has 1 aliphatic rings. The third kappa shape index (κ3) is 4.67. The second-order valence-electron chi connectivity index (χ2n) is 5.45. The van der Waals surface area contributed by atoms with Gasteiger partial charge in [-0.3, -0.25) is 4.90 Å². The van der Waals surface area contributed by atoms with Crippen LogP contribution in [0.2, 0.25) is 0 Å². The topological polar surface area (TPSA) is 70.7 Å². The van der Waals surface area contributed by atoms with E-state index >= 15 is 0 Å². The quantitative estimate of drug-likeness (QED) is 0.791. The molecule has 6 nitrogen and oxygen atoms in total. The summed E-state index contributed by atoms with van der Waals surface area (Å²) < 4.78 is 33.6. The molecule has 2 rings (SSSR count). The lowest BCUT2D eigenvalue weighted by atomic mass is 10.0. The highest BCUT2D eigenvalue weighted by molar-refractivity contribution is 7.87. The summed E-state index contributed by atoms with van der Waals surface area (Å²) in [5.41, 5.74) is 1.07. The van der Waals surface area contributed by atoms with Gasteiger partial charge in [-0.25, -0.2) is 9.44 Å². The molecule has 1 unspecified atom stereocenters. The standard InChI is InChI=1S/C15H25N3O3S/c1-16-22(19,20)17-12-15(18-9-4-3-5-10-18)13-7-6-8-14(11-13)21-2/h6-8,11,15-17H,3-5,9-10,12H2,1-2H3. The minimum absolute atomic E-state index is 0.0125. The summed E-state index contributed by atoms with van der Waals surface area (Å²) in [5, 5.41) is 0. The second-order valence-corrected chi connectivity index (χ2v) is 7.15. The van der Waals surface area contributed by atoms with Crippen LogP contribution in [0.15, 0.2) is 24.3 Å². The zero-order valence-corrected chi connectivity index (χ0v) is 14.0. The molecule has 1 saturated heterocycles. The monoisotopic (exact) mass is 327 g/mol. The smallest absolute Gasteiger partial charge is 0.276 e. The van der Waals surface area contributed by atoms with Gasteiger partial charge in [-0.15, -0.1) is 0 Å². The number of methoxy groups -OCH3 is 1. The van der Waals surface area contributed by atoms with E-state index in [1.165, 1.54) is 13.5 Å². The van der Waals surface area contributed by atoms with Crippen LogP contribution in [-0.4, -0.2) is 47.1 Å². The van der Waals surface area contributed by atoms with Crippen molar-refractivity contribution in [1.29, 1.82) is 0 Å². The van der Waals surface area contributed by atoms with Gasteiger partial charge < -0.3 is 4.74 Å². The van der Waals surface area contributed by atoms with Crippen LogP contribution in [0.25, 0.3) is 0 Å². The molecule has 22 heavy (non-hydrogen) atoms. The van der Waals surface area contributed by atoms with Crippen LogP contribution in [0.5, 0.6) is 5.75 Å². The predicted molar refractivity (Wildman–Crippen MR) is 87.1 cm³/mol. The molecule has 1 atom stereocenters. The van der Waals surface area contributed by atoms with Crippen molar-refractivity contribution in [2.75, 3.05) is 33.8 Å². The normalized spacial score (nSPS) is 18.1. The van der Waals surface area contributed by atoms with Crippen LogP contribution in [-0.2, 0) is 10.2 Å². The summed E-state index contributed by atoms with van der Waals surface area (Å²) in [6, 6.07) is 7.85. The zero-order valence-electron chi connectivity index (χ0n) is 13.2. The molecule has 0 saturated carbocycles. The van der Waals surface area contributed by atoms with E-state index in [1.807, 2.05) is 24.3 Å². The Kier molecular flexibility index (Phi) is 6.19. The Labute approximate surface area is 133 Å². The molecular weight excluding hydrogens is 302 g/mol. The highest BCUT2D eigenvalue weighted by atomic mass is 32.2. The first-order valence-electron chi connectivity index (χ1n) is 7.62. The average Bonchev–Trinajstić information content (AvgIpc) is 2.56. The molecule has 2 N–H and O–H groups in total. The highest BCUT2D eigenvalue weighted by Crippen LogP contribution is 2.26. The van der Waals surface area contributed by atoms with Gasteiger partial charge in [0.05, 0.1) is 7.11 Å². The minimum atomic E-state index is -3.43. The summed E-state index contributed by atoms with van der Waals surface area (Å²) in [4.78, 5) is 2.34. The Hall–Kier alpha value is -1.15. The van der Waals surface area contributed by atoms with Crippen molar-refractivity contribution in [3.05, 3.63) is 29.8 Å². The Morgan fingerprint density at radius 1 is 1.27 bits per heavy atom. The summed E-state index contributed by atoms with van der Waals surface area (Å²) in [6.45, 7) is 2.32. The van der Waals surface area contributed by atoms with Gasteiger partial charge in [0.15, 0.2) is 0 Å². The average molecular weight is 327 g/mol. The lowest BCUT2D eigenvalue weighted by molar-refractivity contribution is 0.164. The molecule has 0 amide bonds. The third-order valence-corrected chi connectivity index (χ3v) is 5.13. The van der Waals surface area contributed by atoms with E-state index in [0.717, 1.165) is 37.2 Å². The SMILES string of the molecule is CNS(=O)(=O)NCC(c1cccc(OC)c1)N1CCCCC1.